The molecule has 0 N–H and O–H groups in total. The topological polar surface area (TPSA) is 26.3 Å². The number of rotatable bonds is 3. The summed E-state index contributed by atoms with van der Waals surface area (Å²) in [7, 11) is 1.67. The Bertz CT molecular complexity index is 551. The lowest BCUT2D eigenvalue weighted by Crippen LogP contribution is -2.23. The van der Waals surface area contributed by atoms with Crippen molar-refractivity contribution in [1.82, 2.24) is 0 Å². The van der Waals surface area contributed by atoms with Gasteiger partial charge in [0.25, 0.3) is 0 Å². The van der Waals surface area contributed by atoms with Crippen LogP contribution in [0.4, 0.5) is 0 Å². The van der Waals surface area contributed by atoms with Gasteiger partial charge in [-0.2, -0.15) is 0 Å². The Balaban J connectivity index is 1.97. The van der Waals surface area contributed by atoms with E-state index in [1.54, 1.807) is 7.11 Å². The van der Waals surface area contributed by atoms with Crippen LogP contribution >= 0.6 is 0 Å². The number of ether oxygens (including phenoxy) is 1. The van der Waals surface area contributed by atoms with Crippen molar-refractivity contribution in [1.29, 1.82) is 0 Å². The van der Waals surface area contributed by atoms with E-state index in [1.165, 1.54) is 36.8 Å². The number of fused-ring (bicyclic) bond motifs is 1. The predicted octanol–water partition coefficient (Wildman–Crippen LogP) is 4.03. The summed E-state index contributed by atoms with van der Waals surface area (Å²) in [5.41, 5.74) is 3.65. The maximum absolute atomic E-state index is 11.4. The summed E-state index contributed by atoms with van der Waals surface area (Å²) in [5, 5.41) is 0. The Kier molecular flexibility index (Phi) is 3.72. The van der Waals surface area contributed by atoms with Crippen molar-refractivity contribution in [3.05, 3.63) is 53.1 Å². The number of hydrogen-bond acceptors (Lipinski definition) is 2. The molecule has 2 heteroatoms. The van der Waals surface area contributed by atoms with Crippen LogP contribution in [0.15, 0.2) is 47.6 Å². The van der Waals surface area contributed by atoms with Gasteiger partial charge in [0.1, 0.15) is 12.0 Å². The molecular weight excluding hydrogens is 248 g/mol. The molecule has 104 valence electrons. The van der Waals surface area contributed by atoms with Crippen LogP contribution in [-0.2, 0) is 4.79 Å². The van der Waals surface area contributed by atoms with Crippen molar-refractivity contribution < 1.29 is 9.53 Å². The lowest BCUT2D eigenvalue weighted by molar-refractivity contribution is -0.105. The zero-order valence-corrected chi connectivity index (χ0v) is 11.8. The van der Waals surface area contributed by atoms with E-state index in [0.29, 0.717) is 5.92 Å². The molecule has 1 aromatic carbocycles. The van der Waals surface area contributed by atoms with Crippen molar-refractivity contribution in [2.75, 3.05) is 7.11 Å². The maximum Gasteiger partial charge on any atom is 0.146 e. The molecule has 0 amide bonds. The maximum atomic E-state index is 11.4. The highest BCUT2D eigenvalue weighted by Gasteiger charge is 2.32. The van der Waals surface area contributed by atoms with Gasteiger partial charge in [-0.25, -0.2) is 0 Å². The third-order valence-electron chi connectivity index (χ3n) is 4.57. The molecule has 20 heavy (non-hydrogen) atoms. The van der Waals surface area contributed by atoms with E-state index in [1.807, 2.05) is 18.2 Å². The zero-order valence-electron chi connectivity index (χ0n) is 11.8. The highest BCUT2D eigenvalue weighted by atomic mass is 16.5. The highest BCUT2D eigenvalue weighted by molar-refractivity contribution is 5.78. The second-order valence-corrected chi connectivity index (χ2v) is 5.63. The van der Waals surface area contributed by atoms with E-state index in [9.17, 15) is 4.79 Å². The van der Waals surface area contributed by atoms with Crippen LogP contribution < -0.4 is 4.74 Å². The van der Waals surface area contributed by atoms with Gasteiger partial charge in [0.15, 0.2) is 0 Å². The summed E-state index contributed by atoms with van der Waals surface area (Å²) in [4.78, 5) is 11.4. The highest BCUT2D eigenvalue weighted by Crippen LogP contribution is 2.45. The summed E-state index contributed by atoms with van der Waals surface area (Å²) >= 11 is 0. The van der Waals surface area contributed by atoms with Gasteiger partial charge in [0, 0.05) is 5.92 Å². The Morgan fingerprint density at radius 1 is 1.15 bits per heavy atom. The van der Waals surface area contributed by atoms with Gasteiger partial charge in [-0.05, 0) is 48.4 Å². The Morgan fingerprint density at radius 2 is 1.95 bits per heavy atom. The summed E-state index contributed by atoms with van der Waals surface area (Å²) in [6, 6.07) is 8.16. The van der Waals surface area contributed by atoms with Gasteiger partial charge in [-0.15, -0.1) is 0 Å². The standard InChI is InChI=1S/C18H20O2/c1-20-16-10-8-14(9-11-16)18-15(12-19)7-6-13-4-2-3-5-17(13)18/h6-12,17-18H,2-5H2,1H3/t17-,18-/m1/s1. The Morgan fingerprint density at radius 3 is 2.65 bits per heavy atom. The van der Waals surface area contributed by atoms with Crippen LogP contribution in [-0.4, -0.2) is 13.4 Å². The number of benzene rings is 1. The molecule has 0 radical (unpaired) electrons. The van der Waals surface area contributed by atoms with Gasteiger partial charge in [-0.3, -0.25) is 4.79 Å². The first-order valence-electron chi connectivity index (χ1n) is 7.33. The molecule has 0 aliphatic heterocycles. The molecule has 1 aromatic rings. The quantitative estimate of drug-likeness (QED) is 0.773. The molecule has 2 aliphatic carbocycles. The summed E-state index contributed by atoms with van der Waals surface area (Å²) in [6.07, 6.45) is 10.1. The molecule has 0 spiro atoms. The monoisotopic (exact) mass is 268 g/mol. The van der Waals surface area contributed by atoms with Gasteiger partial charge in [0.05, 0.1) is 7.11 Å². The van der Waals surface area contributed by atoms with E-state index in [0.717, 1.165) is 17.6 Å². The van der Waals surface area contributed by atoms with E-state index in [4.69, 9.17) is 4.74 Å². The smallest absolute Gasteiger partial charge is 0.146 e. The summed E-state index contributed by atoms with van der Waals surface area (Å²) in [5.74, 6) is 1.58. The van der Waals surface area contributed by atoms with E-state index < -0.39 is 0 Å². The predicted molar refractivity (Wildman–Crippen MR) is 79.9 cm³/mol. The molecule has 2 aliphatic rings. The number of carbonyl (C=O) groups excluding carboxylic acids is 1. The van der Waals surface area contributed by atoms with Crippen molar-refractivity contribution in [2.24, 2.45) is 5.92 Å². The molecule has 1 saturated carbocycles. The van der Waals surface area contributed by atoms with Crippen LogP contribution in [0.3, 0.4) is 0 Å². The fraction of sp³-hybridized carbons (Fsp3) is 0.389. The Labute approximate surface area is 120 Å². The van der Waals surface area contributed by atoms with E-state index >= 15 is 0 Å². The molecule has 0 aromatic heterocycles. The van der Waals surface area contributed by atoms with Crippen LogP contribution in [0.2, 0.25) is 0 Å². The van der Waals surface area contributed by atoms with E-state index in [-0.39, 0.29) is 5.92 Å². The van der Waals surface area contributed by atoms with Gasteiger partial charge in [0.2, 0.25) is 0 Å². The average molecular weight is 268 g/mol. The molecular formula is C18H20O2. The molecule has 1 fully saturated rings. The summed E-state index contributed by atoms with van der Waals surface area (Å²) in [6.45, 7) is 0. The molecule has 2 atom stereocenters. The van der Waals surface area contributed by atoms with Gasteiger partial charge >= 0.3 is 0 Å². The molecule has 0 bridgehead atoms. The zero-order chi connectivity index (χ0) is 13.9. The number of aldehydes is 1. The number of allylic oxidation sites excluding steroid dienone is 4. The Hall–Kier alpha value is -1.83. The van der Waals surface area contributed by atoms with Crippen LogP contribution in [0.5, 0.6) is 5.75 Å². The SMILES string of the molecule is COc1ccc([C@@H]2C(C=O)=CC=C3CCCC[C@H]32)cc1. The number of hydrogen-bond donors (Lipinski definition) is 0. The number of carbonyl (C=O) groups is 1. The fourth-order valence-electron chi connectivity index (χ4n) is 3.54. The average Bonchev–Trinajstić information content (AvgIpc) is 2.54. The van der Waals surface area contributed by atoms with Crippen LogP contribution in [0.25, 0.3) is 0 Å². The number of methoxy groups -OCH3 is 1. The first kappa shape index (κ1) is 13.2. The minimum atomic E-state index is 0.221. The molecule has 0 unspecified atom stereocenters. The second kappa shape index (κ2) is 5.66. The van der Waals surface area contributed by atoms with Crippen molar-refractivity contribution in [2.45, 2.75) is 31.6 Å². The fourth-order valence-corrected chi connectivity index (χ4v) is 3.54. The first-order valence-corrected chi connectivity index (χ1v) is 7.33. The van der Waals surface area contributed by atoms with E-state index in [2.05, 4.69) is 18.2 Å². The third kappa shape index (κ3) is 2.31. The van der Waals surface area contributed by atoms with Crippen molar-refractivity contribution in [3.63, 3.8) is 0 Å². The van der Waals surface area contributed by atoms with Crippen LogP contribution in [0, 0.1) is 5.92 Å². The minimum absolute atomic E-state index is 0.221. The summed E-state index contributed by atoms with van der Waals surface area (Å²) < 4.78 is 5.22. The minimum Gasteiger partial charge on any atom is -0.497 e. The largest absolute Gasteiger partial charge is 0.497 e. The molecule has 2 nitrogen and oxygen atoms in total. The van der Waals surface area contributed by atoms with Gasteiger partial charge in [-0.1, -0.05) is 36.3 Å². The second-order valence-electron chi connectivity index (χ2n) is 5.63. The van der Waals surface area contributed by atoms with Gasteiger partial charge < -0.3 is 4.74 Å². The van der Waals surface area contributed by atoms with Crippen molar-refractivity contribution in [3.8, 4) is 5.75 Å². The lowest BCUT2D eigenvalue weighted by atomic mass is 9.68. The first-order chi connectivity index (χ1) is 9.83. The molecule has 0 saturated heterocycles. The third-order valence-corrected chi connectivity index (χ3v) is 4.57. The van der Waals surface area contributed by atoms with Crippen LogP contribution in [0.1, 0.15) is 37.2 Å². The van der Waals surface area contributed by atoms with Crippen molar-refractivity contribution >= 4 is 6.29 Å². The molecule has 3 rings (SSSR count). The lowest BCUT2D eigenvalue weighted by Gasteiger charge is -2.35. The molecule has 0 heterocycles. The normalized spacial score (nSPS) is 25.2.